The first-order valence-electron chi connectivity index (χ1n) is 5.90. The van der Waals surface area contributed by atoms with E-state index in [1.807, 2.05) is 0 Å². The fourth-order valence-corrected chi connectivity index (χ4v) is 2.43. The van der Waals surface area contributed by atoms with Gasteiger partial charge in [-0.1, -0.05) is 0 Å². The van der Waals surface area contributed by atoms with E-state index in [0.29, 0.717) is 0 Å². The zero-order chi connectivity index (χ0) is 10.7. The molecule has 0 saturated carbocycles. The second kappa shape index (κ2) is 5.05. The van der Waals surface area contributed by atoms with E-state index >= 15 is 0 Å². The van der Waals surface area contributed by atoms with Gasteiger partial charge in [0.05, 0.1) is 12.7 Å². The summed E-state index contributed by atoms with van der Waals surface area (Å²) in [6, 6.07) is 0.185. The fraction of sp³-hybridized carbons (Fsp3) is 0.909. The van der Waals surface area contributed by atoms with Crippen molar-refractivity contribution >= 4 is 6.29 Å². The van der Waals surface area contributed by atoms with Crippen LogP contribution in [0.25, 0.3) is 0 Å². The van der Waals surface area contributed by atoms with Crippen LogP contribution in [-0.4, -0.2) is 73.5 Å². The maximum Gasteiger partial charge on any atom is 0.137 e. The van der Waals surface area contributed by atoms with Crippen LogP contribution in [0.3, 0.4) is 0 Å². The van der Waals surface area contributed by atoms with E-state index in [9.17, 15) is 4.79 Å². The Morgan fingerprint density at radius 3 is 2.60 bits per heavy atom. The minimum Gasteiger partial charge on any atom is -0.304 e. The van der Waals surface area contributed by atoms with Crippen LogP contribution in [0.1, 0.15) is 12.8 Å². The lowest BCUT2D eigenvalue weighted by molar-refractivity contribution is -0.112. The highest BCUT2D eigenvalue weighted by Crippen LogP contribution is 2.16. The van der Waals surface area contributed by atoms with Crippen LogP contribution < -0.4 is 0 Å². The SMILES string of the molecule is CN1CCN(CN2CCCC2C=O)CC1. The molecule has 2 rings (SSSR count). The second-order valence-electron chi connectivity index (χ2n) is 4.72. The number of likely N-dealkylation sites (N-methyl/N-ethyl adjacent to an activating group) is 1. The van der Waals surface area contributed by atoms with Gasteiger partial charge in [-0.25, -0.2) is 0 Å². The summed E-state index contributed by atoms with van der Waals surface area (Å²) in [4.78, 5) is 18.0. The molecule has 0 spiro atoms. The van der Waals surface area contributed by atoms with Gasteiger partial charge in [0.1, 0.15) is 6.29 Å². The third kappa shape index (κ3) is 2.77. The maximum atomic E-state index is 10.8. The third-order valence-electron chi connectivity index (χ3n) is 3.55. The van der Waals surface area contributed by atoms with Gasteiger partial charge in [0, 0.05) is 32.7 Å². The molecule has 2 heterocycles. The summed E-state index contributed by atoms with van der Waals surface area (Å²) >= 11 is 0. The van der Waals surface area contributed by atoms with E-state index in [4.69, 9.17) is 0 Å². The van der Waals surface area contributed by atoms with Crippen LogP contribution in [-0.2, 0) is 4.79 Å². The van der Waals surface area contributed by atoms with Crippen molar-refractivity contribution in [1.82, 2.24) is 14.7 Å². The number of nitrogens with zero attached hydrogens (tertiary/aromatic N) is 3. The van der Waals surface area contributed by atoms with Crippen molar-refractivity contribution in [1.29, 1.82) is 0 Å². The van der Waals surface area contributed by atoms with Crippen molar-refractivity contribution in [2.24, 2.45) is 0 Å². The lowest BCUT2D eigenvalue weighted by Crippen LogP contribution is -2.49. The van der Waals surface area contributed by atoms with Crippen molar-refractivity contribution in [2.45, 2.75) is 18.9 Å². The molecule has 2 aliphatic heterocycles. The number of carbonyl (C=O) groups excluding carboxylic acids is 1. The van der Waals surface area contributed by atoms with Crippen molar-refractivity contribution in [3.63, 3.8) is 0 Å². The summed E-state index contributed by atoms with van der Waals surface area (Å²) in [5.74, 6) is 0. The Labute approximate surface area is 91.8 Å². The molecule has 4 nitrogen and oxygen atoms in total. The molecule has 0 aliphatic carbocycles. The Morgan fingerprint density at radius 2 is 1.93 bits per heavy atom. The van der Waals surface area contributed by atoms with Crippen LogP contribution in [0.5, 0.6) is 0 Å². The van der Waals surface area contributed by atoms with Gasteiger partial charge in [0.15, 0.2) is 0 Å². The molecule has 0 amide bonds. The lowest BCUT2D eigenvalue weighted by atomic mass is 10.2. The summed E-state index contributed by atoms with van der Waals surface area (Å²) in [7, 11) is 2.17. The number of carbonyl (C=O) groups is 1. The lowest BCUT2D eigenvalue weighted by Gasteiger charge is -2.35. The summed E-state index contributed by atoms with van der Waals surface area (Å²) in [6.07, 6.45) is 3.34. The zero-order valence-electron chi connectivity index (χ0n) is 9.56. The predicted octanol–water partition coefficient (Wildman–Crippen LogP) is -0.145. The fourth-order valence-electron chi connectivity index (χ4n) is 2.43. The molecule has 0 aromatic rings. The average molecular weight is 211 g/mol. The van der Waals surface area contributed by atoms with Crippen molar-refractivity contribution in [3.05, 3.63) is 0 Å². The van der Waals surface area contributed by atoms with E-state index in [1.54, 1.807) is 0 Å². The van der Waals surface area contributed by atoms with Gasteiger partial charge in [0.25, 0.3) is 0 Å². The normalized spacial score (nSPS) is 30.9. The molecule has 0 radical (unpaired) electrons. The highest BCUT2D eigenvalue weighted by Gasteiger charge is 2.26. The van der Waals surface area contributed by atoms with Gasteiger partial charge >= 0.3 is 0 Å². The molecule has 15 heavy (non-hydrogen) atoms. The molecule has 0 N–H and O–H groups in total. The molecule has 0 aromatic heterocycles. The molecular formula is C11H21N3O. The maximum absolute atomic E-state index is 10.8. The van der Waals surface area contributed by atoms with E-state index in [2.05, 4.69) is 21.7 Å². The zero-order valence-corrected chi connectivity index (χ0v) is 9.56. The van der Waals surface area contributed by atoms with E-state index in [-0.39, 0.29) is 6.04 Å². The van der Waals surface area contributed by atoms with Gasteiger partial charge in [-0.05, 0) is 19.9 Å². The van der Waals surface area contributed by atoms with Gasteiger partial charge in [-0.15, -0.1) is 0 Å². The standard InChI is InChI=1S/C11H21N3O/c1-12-5-7-13(8-6-12)10-14-4-2-3-11(14)9-15/h9,11H,2-8,10H2,1H3. The van der Waals surface area contributed by atoms with Gasteiger partial charge < -0.3 is 9.69 Å². The third-order valence-corrected chi connectivity index (χ3v) is 3.55. The molecule has 4 heteroatoms. The molecule has 0 bridgehead atoms. The number of likely N-dealkylation sites (tertiary alicyclic amines) is 1. The average Bonchev–Trinajstić information content (AvgIpc) is 2.69. The molecule has 2 fully saturated rings. The first-order chi connectivity index (χ1) is 7.29. The van der Waals surface area contributed by atoms with E-state index in [0.717, 1.165) is 52.1 Å². The van der Waals surface area contributed by atoms with E-state index in [1.165, 1.54) is 6.42 Å². The molecule has 2 aliphatic rings. The number of hydrogen-bond donors (Lipinski definition) is 0. The Bertz CT molecular complexity index is 214. The summed E-state index contributed by atoms with van der Waals surface area (Å²) in [6.45, 7) is 6.66. The molecular weight excluding hydrogens is 190 g/mol. The summed E-state index contributed by atoms with van der Waals surface area (Å²) < 4.78 is 0. The number of piperazine rings is 1. The van der Waals surface area contributed by atoms with Crippen LogP contribution >= 0.6 is 0 Å². The molecule has 86 valence electrons. The summed E-state index contributed by atoms with van der Waals surface area (Å²) in [5.41, 5.74) is 0. The number of aldehydes is 1. The Kier molecular flexibility index (Phi) is 3.72. The highest BCUT2D eigenvalue weighted by molar-refractivity contribution is 5.58. The van der Waals surface area contributed by atoms with Crippen LogP contribution in [0.4, 0.5) is 0 Å². The number of hydrogen-bond acceptors (Lipinski definition) is 4. The smallest absolute Gasteiger partial charge is 0.137 e. The predicted molar refractivity (Wildman–Crippen MR) is 59.7 cm³/mol. The Hall–Kier alpha value is -0.450. The van der Waals surface area contributed by atoms with E-state index < -0.39 is 0 Å². The minimum atomic E-state index is 0.185. The Morgan fingerprint density at radius 1 is 1.20 bits per heavy atom. The van der Waals surface area contributed by atoms with Gasteiger partial charge in [-0.3, -0.25) is 9.80 Å². The highest BCUT2D eigenvalue weighted by atomic mass is 16.1. The largest absolute Gasteiger partial charge is 0.304 e. The van der Waals surface area contributed by atoms with Crippen LogP contribution in [0.2, 0.25) is 0 Å². The first-order valence-corrected chi connectivity index (χ1v) is 5.90. The molecule has 0 aromatic carbocycles. The molecule has 1 atom stereocenters. The number of rotatable bonds is 3. The Balaban J connectivity index is 1.78. The van der Waals surface area contributed by atoms with Crippen LogP contribution in [0, 0.1) is 0 Å². The topological polar surface area (TPSA) is 26.8 Å². The van der Waals surface area contributed by atoms with Crippen molar-refractivity contribution in [3.8, 4) is 0 Å². The summed E-state index contributed by atoms with van der Waals surface area (Å²) in [5, 5.41) is 0. The monoisotopic (exact) mass is 211 g/mol. The minimum absolute atomic E-state index is 0.185. The van der Waals surface area contributed by atoms with Gasteiger partial charge in [0.2, 0.25) is 0 Å². The van der Waals surface area contributed by atoms with Gasteiger partial charge in [-0.2, -0.15) is 0 Å². The molecule has 1 unspecified atom stereocenters. The van der Waals surface area contributed by atoms with Crippen molar-refractivity contribution in [2.75, 3.05) is 46.4 Å². The molecule has 2 saturated heterocycles. The quantitative estimate of drug-likeness (QED) is 0.607. The van der Waals surface area contributed by atoms with Crippen LogP contribution in [0.15, 0.2) is 0 Å². The first kappa shape index (κ1) is 11.0. The second-order valence-corrected chi connectivity index (χ2v) is 4.72. The van der Waals surface area contributed by atoms with Crippen molar-refractivity contribution < 1.29 is 4.79 Å².